The maximum Gasteiger partial charge on any atom is 0.310 e. The molecule has 24 heavy (non-hydrogen) atoms. The van der Waals surface area contributed by atoms with Gasteiger partial charge in [-0.1, -0.05) is 24.6 Å². The lowest BCUT2D eigenvalue weighted by Crippen LogP contribution is -2.47. The van der Waals surface area contributed by atoms with Gasteiger partial charge in [0.05, 0.1) is 5.41 Å². The van der Waals surface area contributed by atoms with E-state index in [0.29, 0.717) is 19.3 Å². The molecule has 1 aromatic rings. The molecule has 6 heteroatoms. The number of para-hydroxylation sites is 1. The van der Waals surface area contributed by atoms with Crippen LogP contribution in [0.5, 0.6) is 0 Å². The number of carboxylic acids is 1. The molecule has 6 nitrogen and oxygen atoms in total. The molecule has 0 spiro atoms. The van der Waals surface area contributed by atoms with Gasteiger partial charge < -0.3 is 15.3 Å². The standard InChI is InChI=1S/C18H22N2O4/c1-12-10-14(16(22)20(12)13-6-3-2-4-7-13)19-15(21)11-18(17(23)24)8-5-9-18/h2-4,6-7,12,14H,5,8-11H2,1H3,(H,19,21)(H,23,24). The first-order valence-electron chi connectivity index (χ1n) is 8.34. The first-order valence-corrected chi connectivity index (χ1v) is 8.34. The summed E-state index contributed by atoms with van der Waals surface area (Å²) in [4.78, 5) is 38.0. The van der Waals surface area contributed by atoms with Gasteiger partial charge in [0.15, 0.2) is 0 Å². The van der Waals surface area contributed by atoms with Gasteiger partial charge in [-0.05, 0) is 38.3 Å². The van der Waals surface area contributed by atoms with E-state index in [1.165, 1.54) is 0 Å². The van der Waals surface area contributed by atoms with E-state index in [1.807, 2.05) is 37.3 Å². The summed E-state index contributed by atoms with van der Waals surface area (Å²) in [5.41, 5.74) is -0.121. The minimum absolute atomic E-state index is 0.0117. The molecule has 2 aliphatic rings. The van der Waals surface area contributed by atoms with Crippen LogP contribution in [0.4, 0.5) is 5.69 Å². The van der Waals surface area contributed by atoms with Crippen LogP contribution in [0.3, 0.4) is 0 Å². The summed E-state index contributed by atoms with van der Waals surface area (Å²) in [6, 6.07) is 8.76. The minimum Gasteiger partial charge on any atom is -0.481 e. The van der Waals surface area contributed by atoms with E-state index in [9.17, 15) is 19.5 Å². The molecule has 2 unspecified atom stereocenters. The number of amides is 2. The van der Waals surface area contributed by atoms with Gasteiger partial charge in [0, 0.05) is 18.2 Å². The van der Waals surface area contributed by atoms with Crippen LogP contribution < -0.4 is 10.2 Å². The second-order valence-corrected chi connectivity index (χ2v) is 6.86. The normalized spacial score (nSPS) is 25.2. The van der Waals surface area contributed by atoms with Crippen molar-refractivity contribution in [2.24, 2.45) is 5.41 Å². The average molecular weight is 330 g/mol. The molecule has 3 rings (SSSR count). The molecule has 0 aromatic heterocycles. The molecule has 2 atom stereocenters. The van der Waals surface area contributed by atoms with Crippen molar-refractivity contribution in [1.82, 2.24) is 5.32 Å². The maximum atomic E-state index is 12.6. The number of nitrogens with one attached hydrogen (secondary N) is 1. The van der Waals surface area contributed by atoms with Crippen molar-refractivity contribution in [3.05, 3.63) is 30.3 Å². The largest absolute Gasteiger partial charge is 0.481 e. The SMILES string of the molecule is CC1CC(NC(=O)CC2(C(=O)O)CCC2)C(=O)N1c1ccccc1. The second-order valence-electron chi connectivity index (χ2n) is 6.86. The summed E-state index contributed by atoms with van der Waals surface area (Å²) < 4.78 is 0. The Morgan fingerprint density at radius 1 is 1.29 bits per heavy atom. The minimum atomic E-state index is -0.934. The van der Waals surface area contributed by atoms with E-state index in [1.54, 1.807) is 4.90 Å². The summed E-state index contributed by atoms with van der Waals surface area (Å²) in [6.07, 6.45) is 2.37. The predicted octanol–water partition coefficient (Wildman–Crippen LogP) is 1.94. The molecule has 1 aromatic carbocycles. The fourth-order valence-electron chi connectivity index (χ4n) is 3.65. The summed E-state index contributed by atoms with van der Waals surface area (Å²) in [6.45, 7) is 1.95. The van der Waals surface area contributed by atoms with Crippen molar-refractivity contribution in [2.75, 3.05) is 4.90 Å². The summed E-state index contributed by atoms with van der Waals surface area (Å²) in [5, 5.41) is 12.1. The highest BCUT2D eigenvalue weighted by Gasteiger charge is 2.47. The average Bonchev–Trinajstić information content (AvgIpc) is 2.77. The summed E-state index contributed by atoms with van der Waals surface area (Å²) >= 11 is 0. The van der Waals surface area contributed by atoms with Crippen LogP contribution in [0.2, 0.25) is 0 Å². The van der Waals surface area contributed by atoms with E-state index in [2.05, 4.69) is 5.32 Å². The number of aliphatic carboxylic acids is 1. The first-order chi connectivity index (χ1) is 11.4. The van der Waals surface area contributed by atoms with Crippen molar-refractivity contribution in [3.63, 3.8) is 0 Å². The van der Waals surface area contributed by atoms with Crippen LogP contribution in [-0.4, -0.2) is 35.0 Å². The Kier molecular flexibility index (Phi) is 4.30. The fourth-order valence-corrected chi connectivity index (χ4v) is 3.65. The van der Waals surface area contributed by atoms with Crippen molar-refractivity contribution in [2.45, 2.75) is 51.1 Å². The van der Waals surface area contributed by atoms with Crippen LogP contribution in [0.15, 0.2) is 30.3 Å². The second kappa shape index (κ2) is 6.26. The molecule has 1 saturated heterocycles. The number of rotatable bonds is 5. The quantitative estimate of drug-likeness (QED) is 0.864. The van der Waals surface area contributed by atoms with Crippen LogP contribution >= 0.6 is 0 Å². The van der Waals surface area contributed by atoms with Crippen LogP contribution in [0.1, 0.15) is 39.0 Å². The van der Waals surface area contributed by atoms with Crippen LogP contribution in [0.25, 0.3) is 0 Å². The van der Waals surface area contributed by atoms with Gasteiger partial charge in [-0.25, -0.2) is 0 Å². The number of carboxylic acid groups (broad SMARTS) is 1. The molecule has 0 bridgehead atoms. The zero-order chi connectivity index (χ0) is 17.3. The maximum absolute atomic E-state index is 12.6. The molecular formula is C18H22N2O4. The zero-order valence-electron chi connectivity index (χ0n) is 13.7. The lowest BCUT2D eigenvalue weighted by atomic mass is 9.66. The van der Waals surface area contributed by atoms with Crippen molar-refractivity contribution in [1.29, 1.82) is 0 Å². The highest BCUT2D eigenvalue weighted by atomic mass is 16.4. The first kappa shape index (κ1) is 16.5. The summed E-state index contributed by atoms with van der Waals surface area (Å²) in [7, 11) is 0. The lowest BCUT2D eigenvalue weighted by Gasteiger charge is -2.37. The van der Waals surface area contributed by atoms with Crippen LogP contribution in [-0.2, 0) is 14.4 Å². The number of hydrogen-bond donors (Lipinski definition) is 2. The highest BCUT2D eigenvalue weighted by molar-refractivity contribution is 6.02. The number of carbonyl (C=O) groups is 3. The highest BCUT2D eigenvalue weighted by Crippen LogP contribution is 2.44. The van der Waals surface area contributed by atoms with E-state index in [0.717, 1.165) is 12.1 Å². The van der Waals surface area contributed by atoms with Crippen molar-refractivity contribution < 1.29 is 19.5 Å². The van der Waals surface area contributed by atoms with E-state index in [-0.39, 0.29) is 24.3 Å². The smallest absolute Gasteiger partial charge is 0.310 e. The van der Waals surface area contributed by atoms with Gasteiger partial charge in [-0.2, -0.15) is 0 Å². The third-order valence-corrected chi connectivity index (χ3v) is 5.19. The van der Waals surface area contributed by atoms with Gasteiger partial charge in [0.25, 0.3) is 0 Å². The molecule has 128 valence electrons. The van der Waals surface area contributed by atoms with E-state index >= 15 is 0 Å². The molecule has 0 radical (unpaired) electrons. The molecule has 2 fully saturated rings. The third-order valence-electron chi connectivity index (χ3n) is 5.19. The van der Waals surface area contributed by atoms with Gasteiger partial charge in [0.1, 0.15) is 6.04 Å². The molecule has 1 aliphatic heterocycles. The van der Waals surface area contributed by atoms with E-state index in [4.69, 9.17) is 0 Å². The predicted molar refractivity (Wildman–Crippen MR) is 88.5 cm³/mol. The fraction of sp³-hybridized carbons (Fsp3) is 0.500. The Balaban J connectivity index is 1.65. The topological polar surface area (TPSA) is 86.7 Å². The molecule has 1 saturated carbocycles. The number of carbonyl (C=O) groups excluding carboxylic acids is 2. The monoisotopic (exact) mass is 330 g/mol. The Labute approximate surface area is 140 Å². The van der Waals surface area contributed by atoms with Gasteiger partial charge in [0.2, 0.25) is 11.8 Å². The molecule has 2 N–H and O–H groups in total. The van der Waals surface area contributed by atoms with E-state index < -0.39 is 17.4 Å². The Morgan fingerprint density at radius 2 is 1.96 bits per heavy atom. The Bertz CT molecular complexity index is 654. The van der Waals surface area contributed by atoms with Crippen molar-refractivity contribution >= 4 is 23.5 Å². The third kappa shape index (κ3) is 2.88. The van der Waals surface area contributed by atoms with Gasteiger partial charge in [-0.15, -0.1) is 0 Å². The zero-order valence-corrected chi connectivity index (χ0v) is 13.7. The Morgan fingerprint density at radius 3 is 2.50 bits per heavy atom. The molecule has 1 aliphatic carbocycles. The number of anilines is 1. The number of nitrogens with zero attached hydrogens (tertiary/aromatic N) is 1. The lowest BCUT2D eigenvalue weighted by molar-refractivity contribution is -0.157. The summed E-state index contributed by atoms with van der Waals surface area (Å²) in [5.74, 6) is -1.40. The van der Waals surface area contributed by atoms with Crippen molar-refractivity contribution in [3.8, 4) is 0 Å². The molecular weight excluding hydrogens is 308 g/mol. The Hall–Kier alpha value is -2.37. The van der Waals surface area contributed by atoms with Gasteiger partial charge >= 0.3 is 5.97 Å². The number of hydrogen-bond acceptors (Lipinski definition) is 3. The van der Waals surface area contributed by atoms with Gasteiger partial charge in [-0.3, -0.25) is 14.4 Å². The van der Waals surface area contributed by atoms with Crippen LogP contribution in [0, 0.1) is 5.41 Å². The molecule has 1 heterocycles. The number of benzene rings is 1. The molecule has 2 amide bonds.